The number of hydrogen-bond donors (Lipinski definition) is 1. The molecule has 95 heavy (non-hydrogen) atoms. The monoisotopic (exact) mass is 1420 g/mol. The molecule has 0 saturated heterocycles. The molecule has 0 saturated carbocycles. The first kappa shape index (κ1) is 73.0. The Hall–Kier alpha value is -7.87. The molecule has 0 aliphatic carbocycles. The summed E-state index contributed by atoms with van der Waals surface area (Å²) in [6.45, 7) is 0.644. The molecule has 0 radical (unpaired) electrons. The van der Waals surface area contributed by atoms with Crippen LogP contribution in [0.15, 0.2) is 54.6 Å². The van der Waals surface area contributed by atoms with Crippen molar-refractivity contribution >= 4 is 79.6 Å². The minimum absolute atomic E-state index is 0.00408. The molecule has 0 amide bonds. The molecule has 0 fully saturated rings. The molecule has 0 aromatic heterocycles. The van der Waals surface area contributed by atoms with Crippen LogP contribution >= 0.6 is 0 Å². The fourth-order valence-electron chi connectivity index (χ4n) is 11.5. The summed E-state index contributed by atoms with van der Waals surface area (Å²) in [5.74, 6) is -81.5. The van der Waals surface area contributed by atoms with E-state index >= 15 is 70.2 Å². The average molecular weight is 1420 g/mol. The number of benzene rings is 9. The lowest BCUT2D eigenvalue weighted by Gasteiger charge is -2.44. The standard InChI is InChI=1S/C19H19F14N.4C10H2F5.Al/c1-3-5-6-7-8-15(23,24)17(27,28)19(32,33)34(4-2)11-9-10(20)13(21)12(14(11)22)16(25,26)18(29,30)31;4*11-5-2-1-4-3-6(12)9(14)10(15)7(4)8(5)13;/h9H,3-8H2,1-2H3;4*1-2H;/q;;;;;-1/p+1. The zero-order valence-electron chi connectivity index (χ0n) is 46.4. The second kappa shape index (κ2) is 25.3. The van der Waals surface area contributed by atoms with E-state index in [4.69, 9.17) is 0 Å². The van der Waals surface area contributed by atoms with E-state index < -0.39 is 279 Å². The first-order valence-corrected chi connectivity index (χ1v) is 28.7. The molecule has 9 aromatic carbocycles. The first-order valence-electron chi connectivity index (χ1n) is 26.4. The summed E-state index contributed by atoms with van der Waals surface area (Å²) in [5.41, 5.74) is -5.68. The van der Waals surface area contributed by atoms with E-state index in [0.717, 1.165) is 0 Å². The largest absolute Gasteiger partial charge is 0.464 e. The number of unbranched alkanes of at least 4 members (excludes halogenated alkanes) is 3. The van der Waals surface area contributed by atoms with Gasteiger partial charge in [0.05, 0.1) is 28.1 Å². The van der Waals surface area contributed by atoms with E-state index in [1.165, 1.54) is 0 Å². The van der Waals surface area contributed by atoms with Crippen molar-refractivity contribution < 1.29 is 154 Å². The highest BCUT2D eigenvalue weighted by Crippen LogP contribution is 2.50. The van der Waals surface area contributed by atoms with Crippen LogP contribution in [0, 0.1) is 134 Å². The number of rotatable bonds is 15. The number of quaternary nitrogens is 1. The normalized spacial score (nSPS) is 13.3. The van der Waals surface area contributed by atoms with E-state index in [1.807, 2.05) is 0 Å². The van der Waals surface area contributed by atoms with Gasteiger partial charge in [-0.2, -0.15) is 61.6 Å². The molecule has 1 nitrogen and oxygen atoms in total. The summed E-state index contributed by atoms with van der Waals surface area (Å²) >= 11 is -8.35. The topological polar surface area (TPSA) is 4.44 Å². The number of hydrogen-bond acceptors (Lipinski definition) is 0. The van der Waals surface area contributed by atoms with Gasteiger partial charge in [-0.05, 0) is 37.6 Å². The van der Waals surface area contributed by atoms with Gasteiger partial charge in [-0.15, -0.1) is 8.78 Å². The molecule has 1 unspecified atom stereocenters. The van der Waals surface area contributed by atoms with Crippen LogP contribution < -0.4 is 22.6 Å². The predicted molar refractivity (Wildman–Crippen MR) is 270 cm³/mol. The maximum Gasteiger partial charge on any atom is 0.464 e. The zero-order valence-corrected chi connectivity index (χ0v) is 47.5. The van der Waals surface area contributed by atoms with Crippen molar-refractivity contribution in [3.8, 4) is 0 Å². The number of nitrogens with one attached hydrogen (secondary N) is 1. The van der Waals surface area contributed by atoms with Crippen LogP contribution in [0.3, 0.4) is 0 Å². The van der Waals surface area contributed by atoms with Crippen molar-refractivity contribution in [3.05, 3.63) is 194 Å². The van der Waals surface area contributed by atoms with Crippen LogP contribution in [0.1, 0.15) is 51.5 Å². The van der Waals surface area contributed by atoms with Gasteiger partial charge < -0.3 is 0 Å². The third kappa shape index (κ3) is 10.9. The Balaban J connectivity index is 0.000000290. The molecule has 0 aliphatic rings. The Morgan fingerprint density at radius 2 is 0.632 bits per heavy atom. The van der Waals surface area contributed by atoms with Gasteiger partial charge in [-0.3, -0.25) is 0 Å². The maximum atomic E-state index is 17.3. The molecule has 9 rings (SSSR count). The van der Waals surface area contributed by atoms with Gasteiger partial charge in [0.1, 0.15) is 28.8 Å². The average Bonchev–Trinajstić information content (AvgIpc) is 0.669. The third-order valence-electron chi connectivity index (χ3n) is 15.7. The second-order valence-electron chi connectivity index (χ2n) is 20.9. The van der Waals surface area contributed by atoms with Crippen LogP contribution in [0.4, 0.5) is 155 Å². The Morgan fingerprint density at radius 1 is 0.326 bits per heavy atom. The van der Waals surface area contributed by atoms with Crippen LogP contribution in [0.2, 0.25) is 0 Å². The molecule has 1 N–H and O–H groups in total. The molecular weight excluding hydrogens is 1400 g/mol. The van der Waals surface area contributed by atoms with Gasteiger partial charge in [0, 0.05) is 12.5 Å². The molecule has 510 valence electrons. The fraction of sp³-hybridized carbons (Fsp3) is 0.220. The van der Waals surface area contributed by atoms with E-state index in [-0.39, 0.29) is 55.0 Å². The van der Waals surface area contributed by atoms with Crippen LogP contribution in [-0.4, -0.2) is 43.7 Å². The maximum absolute atomic E-state index is 17.3. The summed E-state index contributed by atoms with van der Waals surface area (Å²) in [6, 6.07) is -7.03. The van der Waals surface area contributed by atoms with Crippen molar-refractivity contribution in [2.24, 2.45) is 0 Å². The van der Waals surface area contributed by atoms with E-state index in [9.17, 15) is 79.0 Å². The van der Waals surface area contributed by atoms with Gasteiger partial charge >= 0.3 is 30.0 Å². The highest BCUT2D eigenvalue weighted by molar-refractivity contribution is 7.23. The highest BCUT2D eigenvalue weighted by Gasteiger charge is 2.77. The molecule has 0 spiro atoms. The highest BCUT2D eigenvalue weighted by atomic mass is 27.2. The molecule has 9 aromatic rings. The van der Waals surface area contributed by atoms with E-state index in [1.54, 1.807) is 6.92 Å². The number of alkyl halides is 11. The second-order valence-corrected chi connectivity index (χ2v) is 24.9. The van der Waals surface area contributed by atoms with Gasteiger partial charge in [-0.1, -0.05) is 72.0 Å². The van der Waals surface area contributed by atoms with Crippen molar-refractivity contribution in [1.29, 1.82) is 0 Å². The summed E-state index contributed by atoms with van der Waals surface area (Å²) in [6.07, 6.45) is -8.39. The Kier molecular flexibility index (Phi) is 19.4. The zero-order chi connectivity index (χ0) is 71.5. The molecule has 0 bridgehead atoms. The molecule has 1 atom stereocenters. The smallest absolute Gasteiger partial charge is 0.234 e. The van der Waals surface area contributed by atoms with Crippen molar-refractivity contribution in [2.45, 2.75) is 75.9 Å². The number of fused-ring (bicyclic) bond motifs is 4. The lowest BCUT2D eigenvalue weighted by Crippen LogP contribution is -3.17. The Labute approximate surface area is 509 Å². The lowest BCUT2D eigenvalue weighted by atomic mass is 9.99. The van der Waals surface area contributed by atoms with Gasteiger partial charge in [0.25, 0.3) is 13.1 Å². The van der Waals surface area contributed by atoms with Gasteiger partial charge in [-0.25, -0.2) is 101 Å². The van der Waals surface area contributed by atoms with E-state index in [0.29, 0.717) is 19.8 Å². The Morgan fingerprint density at radius 3 is 0.905 bits per heavy atom. The predicted octanol–water partition coefficient (Wildman–Crippen LogP) is 17.6. The molecular formula is C59H28AlF34N. The Bertz CT molecular complexity index is 4200. The van der Waals surface area contributed by atoms with E-state index in [2.05, 4.69) is 0 Å². The molecule has 36 heteroatoms. The first-order chi connectivity index (χ1) is 43.9. The quantitative estimate of drug-likeness (QED) is 0.0261. The third-order valence-corrected chi connectivity index (χ3v) is 21.4. The summed E-state index contributed by atoms with van der Waals surface area (Å²) in [7, 11) is 0. The molecule has 0 heterocycles. The minimum Gasteiger partial charge on any atom is -0.234 e. The van der Waals surface area contributed by atoms with Gasteiger partial charge in [0.2, 0.25) is 0 Å². The summed E-state index contributed by atoms with van der Waals surface area (Å²) in [5, 5.41) is -15.9. The van der Waals surface area contributed by atoms with Crippen LogP contribution in [0.25, 0.3) is 43.1 Å². The van der Waals surface area contributed by atoms with Crippen LogP contribution in [-0.2, 0) is 5.92 Å². The summed E-state index contributed by atoms with van der Waals surface area (Å²) in [4.78, 5) is -2.42. The van der Waals surface area contributed by atoms with Crippen LogP contribution in [0.5, 0.6) is 0 Å². The minimum atomic E-state index is -8.35. The SMILES string of the molecule is CCCCCCC(F)(F)C(F)(F)C(F)(F)[NH+](CC)c1cc(F)c(F)c(C(F)(F)C(F)(F)F)c1F.Fc1ccc2[c]([Al-]([c]3c(F)c(F)c(F)c4c(F)c(F)ccc34)([c]3c(F)c(F)c(F)c4c(F)c(F)ccc34)[c]3c(F)c(F)c(F)c4c(F)c(F)ccc34)c(F)c(F)c(F)c2c1F. The van der Waals surface area contributed by atoms with Crippen molar-refractivity contribution in [1.82, 2.24) is 0 Å². The lowest BCUT2D eigenvalue weighted by molar-refractivity contribution is -0.947. The number of halogens is 34. The summed E-state index contributed by atoms with van der Waals surface area (Å²) < 4.78 is 502. The van der Waals surface area contributed by atoms with Gasteiger partial charge in [0.15, 0.2) is 116 Å². The molecule has 0 aliphatic heterocycles. The fourth-order valence-corrected chi connectivity index (χ4v) is 18.0. The van der Waals surface area contributed by atoms with Crippen molar-refractivity contribution in [3.63, 3.8) is 0 Å². The van der Waals surface area contributed by atoms with Crippen molar-refractivity contribution in [2.75, 3.05) is 6.54 Å².